The summed E-state index contributed by atoms with van der Waals surface area (Å²) in [7, 11) is 5.03. The summed E-state index contributed by atoms with van der Waals surface area (Å²) in [4.78, 5) is 18.8. The van der Waals surface area contributed by atoms with Gasteiger partial charge in [-0.05, 0) is 80.5 Å². The summed E-state index contributed by atoms with van der Waals surface area (Å²) in [5.74, 6) is 1.26. The second kappa shape index (κ2) is 9.32. The summed E-state index contributed by atoms with van der Waals surface area (Å²) in [5.41, 5.74) is 1.96. The maximum Gasteiger partial charge on any atom is 0.266 e. The third-order valence-corrected chi connectivity index (χ3v) is 6.89. The highest BCUT2D eigenvalue weighted by molar-refractivity contribution is 14.1. The van der Waals surface area contributed by atoms with Crippen LogP contribution in [-0.2, 0) is 11.4 Å². The molecule has 1 heterocycles. The summed E-state index contributed by atoms with van der Waals surface area (Å²) < 4.78 is 12.6. The van der Waals surface area contributed by atoms with Crippen molar-refractivity contribution in [2.24, 2.45) is 4.99 Å². The molecule has 1 amide bonds. The van der Waals surface area contributed by atoms with Gasteiger partial charge in [0, 0.05) is 14.1 Å². The lowest BCUT2D eigenvalue weighted by molar-refractivity contribution is -0.121. The summed E-state index contributed by atoms with van der Waals surface area (Å²) in [6.45, 7) is 0.438. The molecule has 3 aromatic rings. The van der Waals surface area contributed by atoms with Crippen molar-refractivity contribution >= 4 is 62.3 Å². The average Bonchev–Trinajstić information content (AvgIpc) is 3.05. The topological polar surface area (TPSA) is 51.1 Å². The van der Waals surface area contributed by atoms with Crippen molar-refractivity contribution < 1.29 is 14.3 Å². The highest BCUT2D eigenvalue weighted by Crippen LogP contribution is 2.37. The molecule has 0 N–H and O–H groups in total. The van der Waals surface area contributed by atoms with Crippen molar-refractivity contribution in [2.45, 2.75) is 6.61 Å². The number of likely N-dealkylation sites (N-methyl/N-ethyl adjacent to an activating group) is 1. The number of amidine groups is 1. The van der Waals surface area contributed by atoms with Gasteiger partial charge in [0.2, 0.25) is 0 Å². The number of ether oxygens (including phenoxy) is 2. The van der Waals surface area contributed by atoms with Crippen LogP contribution in [0.4, 0.5) is 0 Å². The molecule has 4 rings (SSSR count). The van der Waals surface area contributed by atoms with Crippen LogP contribution in [-0.4, -0.2) is 37.2 Å². The molecule has 3 aromatic carbocycles. The molecule has 0 aromatic heterocycles. The predicted molar refractivity (Wildman–Crippen MR) is 136 cm³/mol. The molecule has 1 aliphatic rings. The monoisotopic (exact) mass is 544 g/mol. The smallest absolute Gasteiger partial charge is 0.266 e. The third-order valence-electron chi connectivity index (χ3n) is 4.94. The van der Waals surface area contributed by atoms with E-state index in [2.05, 4.69) is 57.9 Å². The van der Waals surface area contributed by atoms with Crippen LogP contribution in [0.3, 0.4) is 0 Å². The van der Waals surface area contributed by atoms with Gasteiger partial charge in [-0.2, -0.15) is 0 Å². The first-order chi connectivity index (χ1) is 15.0. The van der Waals surface area contributed by atoms with E-state index in [0.29, 0.717) is 28.2 Å². The van der Waals surface area contributed by atoms with Gasteiger partial charge in [0.15, 0.2) is 16.7 Å². The summed E-state index contributed by atoms with van der Waals surface area (Å²) in [6.07, 6.45) is 1.86. The number of amides is 1. The Hall–Kier alpha value is -2.52. The first kappa shape index (κ1) is 21.7. The van der Waals surface area contributed by atoms with Gasteiger partial charge in [0.25, 0.3) is 5.91 Å². The van der Waals surface area contributed by atoms with Gasteiger partial charge in [0.05, 0.1) is 15.6 Å². The van der Waals surface area contributed by atoms with Gasteiger partial charge in [-0.25, -0.2) is 0 Å². The van der Waals surface area contributed by atoms with Crippen molar-refractivity contribution in [3.05, 3.63) is 74.2 Å². The Balaban J connectivity index is 1.58. The fraction of sp³-hybridized carbons (Fsp3) is 0.167. The van der Waals surface area contributed by atoms with Crippen LogP contribution < -0.4 is 9.47 Å². The predicted octanol–water partition coefficient (Wildman–Crippen LogP) is 5.56. The Kier molecular flexibility index (Phi) is 6.52. The second-order valence-electron chi connectivity index (χ2n) is 6.99. The molecule has 5 nitrogen and oxygen atoms in total. The Bertz CT molecular complexity index is 1220. The minimum atomic E-state index is -0.0591. The van der Waals surface area contributed by atoms with E-state index in [9.17, 15) is 4.79 Å². The van der Waals surface area contributed by atoms with Gasteiger partial charge in [0.1, 0.15) is 6.61 Å². The Morgan fingerprint density at radius 2 is 1.90 bits per heavy atom. The SMILES string of the molecule is CN=C1S/C(=C/c2cc(I)c(OCc3ccc4ccccc4c3)c(OC)c2)C(=O)N1C. The number of benzene rings is 3. The molecule has 0 bridgehead atoms. The van der Waals surface area contributed by atoms with E-state index >= 15 is 0 Å². The molecule has 1 fully saturated rings. The number of rotatable bonds is 5. The number of nitrogens with zero attached hydrogens (tertiary/aromatic N) is 2. The van der Waals surface area contributed by atoms with Crippen LogP contribution >= 0.6 is 34.4 Å². The van der Waals surface area contributed by atoms with Crippen LogP contribution in [0.15, 0.2) is 64.5 Å². The maximum atomic E-state index is 12.4. The van der Waals surface area contributed by atoms with Gasteiger partial charge < -0.3 is 9.47 Å². The number of fused-ring (bicyclic) bond motifs is 1. The fourth-order valence-corrected chi connectivity index (χ4v) is 5.06. The van der Waals surface area contributed by atoms with Crippen molar-refractivity contribution in [3.63, 3.8) is 0 Å². The zero-order valence-electron chi connectivity index (χ0n) is 17.4. The number of carbonyl (C=O) groups is 1. The minimum Gasteiger partial charge on any atom is -0.493 e. The van der Waals surface area contributed by atoms with Gasteiger partial charge in [-0.3, -0.25) is 14.7 Å². The zero-order valence-corrected chi connectivity index (χ0v) is 20.4. The number of hydrogen-bond acceptors (Lipinski definition) is 5. The first-order valence-electron chi connectivity index (χ1n) is 9.62. The van der Waals surface area contributed by atoms with E-state index in [0.717, 1.165) is 14.7 Å². The fourth-order valence-electron chi connectivity index (χ4n) is 3.35. The van der Waals surface area contributed by atoms with Crippen LogP contribution in [0.1, 0.15) is 11.1 Å². The Morgan fingerprint density at radius 3 is 2.61 bits per heavy atom. The molecule has 0 saturated carbocycles. The molecule has 0 atom stereocenters. The van der Waals surface area contributed by atoms with Crippen molar-refractivity contribution in [1.82, 2.24) is 4.90 Å². The molecule has 7 heteroatoms. The molecule has 31 heavy (non-hydrogen) atoms. The maximum absolute atomic E-state index is 12.4. The van der Waals surface area contributed by atoms with E-state index < -0.39 is 0 Å². The largest absolute Gasteiger partial charge is 0.493 e. The highest BCUT2D eigenvalue weighted by Gasteiger charge is 2.29. The Labute approximate surface area is 199 Å². The minimum absolute atomic E-state index is 0.0591. The normalized spacial score (nSPS) is 16.5. The summed E-state index contributed by atoms with van der Waals surface area (Å²) in [5, 5.41) is 3.08. The molecule has 0 unspecified atom stereocenters. The molecule has 0 spiro atoms. The van der Waals surface area contributed by atoms with E-state index in [1.165, 1.54) is 22.5 Å². The summed E-state index contributed by atoms with van der Waals surface area (Å²) in [6, 6.07) is 18.5. The van der Waals surface area contributed by atoms with Crippen LogP contribution in [0, 0.1) is 3.57 Å². The van der Waals surface area contributed by atoms with Gasteiger partial charge >= 0.3 is 0 Å². The zero-order chi connectivity index (χ0) is 22.0. The molecule has 0 aliphatic carbocycles. The van der Waals surface area contributed by atoms with E-state index in [1.807, 2.05) is 30.3 Å². The average molecular weight is 544 g/mol. The molecule has 1 saturated heterocycles. The molecule has 0 radical (unpaired) electrons. The van der Waals surface area contributed by atoms with Crippen LogP contribution in [0.25, 0.3) is 16.8 Å². The van der Waals surface area contributed by atoms with Crippen LogP contribution in [0.2, 0.25) is 0 Å². The lowest BCUT2D eigenvalue weighted by atomic mass is 10.1. The molecular weight excluding hydrogens is 523 g/mol. The first-order valence-corrected chi connectivity index (χ1v) is 11.5. The quantitative estimate of drug-likeness (QED) is 0.312. The molecule has 1 aliphatic heterocycles. The Morgan fingerprint density at radius 1 is 1.13 bits per heavy atom. The molecule has 158 valence electrons. The highest BCUT2D eigenvalue weighted by atomic mass is 127. The summed E-state index contributed by atoms with van der Waals surface area (Å²) >= 11 is 3.61. The van der Waals surface area contributed by atoms with E-state index in [1.54, 1.807) is 26.1 Å². The van der Waals surface area contributed by atoms with Crippen LogP contribution in [0.5, 0.6) is 11.5 Å². The van der Waals surface area contributed by atoms with E-state index in [-0.39, 0.29) is 5.91 Å². The third kappa shape index (κ3) is 4.57. The lowest BCUT2D eigenvalue weighted by Crippen LogP contribution is -2.23. The number of methoxy groups -OCH3 is 1. The van der Waals surface area contributed by atoms with Gasteiger partial charge in [-0.1, -0.05) is 36.4 Å². The van der Waals surface area contributed by atoms with Crippen molar-refractivity contribution in [2.75, 3.05) is 21.2 Å². The number of hydrogen-bond donors (Lipinski definition) is 0. The van der Waals surface area contributed by atoms with Crippen molar-refractivity contribution in [3.8, 4) is 11.5 Å². The number of halogens is 1. The standard InChI is InChI=1S/C24H21IN2O3S/c1-26-24-27(2)23(28)21(31-24)13-16-11-19(25)22(20(12-16)29-3)30-14-15-8-9-17-6-4-5-7-18(17)10-15/h4-13H,14H2,1-3H3/b21-13+,26-24?. The second-order valence-corrected chi connectivity index (χ2v) is 9.16. The van der Waals surface area contributed by atoms with E-state index in [4.69, 9.17) is 9.47 Å². The van der Waals surface area contributed by atoms with Crippen molar-refractivity contribution in [1.29, 1.82) is 0 Å². The molecular formula is C24H21IN2O3S. The van der Waals surface area contributed by atoms with Gasteiger partial charge in [-0.15, -0.1) is 0 Å². The lowest BCUT2D eigenvalue weighted by Gasteiger charge is -2.14. The number of carbonyl (C=O) groups excluding carboxylic acids is 1. The number of aliphatic imine (C=N–C) groups is 1. The number of thioether (sulfide) groups is 1.